The number of H-pyrrole nitrogens is 1. The van der Waals surface area contributed by atoms with Crippen molar-refractivity contribution in [2.75, 3.05) is 19.8 Å². The highest BCUT2D eigenvalue weighted by molar-refractivity contribution is 5.81. The number of ether oxygens (including phenoxy) is 2. The maximum absolute atomic E-state index is 12.4. The molecule has 1 saturated heterocycles. The Morgan fingerprint density at radius 3 is 2.81 bits per heavy atom. The lowest BCUT2D eigenvalue weighted by Gasteiger charge is -2.20. The van der Waals surface area contributed by atoms with Gasteiger partial charge < -0.3 is 24.1 Å². The fraction of sp³-hybridized carbons (Fsp3) is 0.519. The van der Waals surface area contributed by atoms with Gasteiger partial charge in [0.05, 0.1) is 30.4 Å². The van der Waals surface area contributed by atoms with E-state index in [4.69, 9.17) is 14.5 Å². The molecule has 1 fully saturated rings. The van der Waals surface area contributed by atoms with Crippen LogP contribution in [-0.2, 0) is 27.4 Å². The van der Waals surface area contributed by atoms with Gasteiger partial charge in [-0.1, -0.05) is 19.9 Å². The highest BCUT2D eigenvalue weighted by atomic mass is 16.5. The number of aliphatic hydroxyl groups is 1. The average molecular weight is 497 g/mol. The Morgan fingerprint density at radius 1 is 1.33 bits per heavy atom. The van der Waals surface area contributed by atoms with E-state index in [1.165, 1.54) is 0 Å². The first kappa shape index (κ1) is 26.1. The largest absolute Gasteiger partial charge is 0.464 e. The van der Waals surface area contributed by atoms with E-state index < -0.39 is 18.1 Å². The Bertz CT molecular complexity index is 1260. The number of imidazole rings is 1. The highest BCUT2D eigenvalue weighted by Gasteiger charge is 2.25. The molecule has 4 rings (SSSR count). The number of pyridine rings is 1. The molecular formula is C27H36N4O5. The molecule has 3 N–H and O–H groups in total. The third-order valence-corrected chi connectivity index (χ3v) is 6.45. The first-order valence-corrected chi connectivity index (χ1v) is 12.6. The Balaban J connectivity index is 1.61. The summed E-state index contributed by atoms with van der Waals surface area (Å²) >= 11 is 0. The van der Waals surface area contributed by atoms with Crippen LogP contribution in [0.15, 0.2) is 35.3 Å². The minimum Gasteiger partial charge on any atom is -0.464 e. The molecule has 0 saturated carbocycles. The minimum absolute atomic E-state index is 0.112. The summed E-state index contributed by atoms with van der Waals surface area (Å²) in [5.74, 6) is 0.950. The monoisotopic (exact) mass is 496 g/mol. The summed E-state index contributed by atoms with van der Waals surface area (Å²) < 4.78 is 13.1. The highest BCUT2D eigenvalue weighted by Crippen LogP contribution is 2.28. The molecule has 36 heavy (non-hydrogen) atoms. The molecule has 0 radical (unpaired) electrons. The van der Waals surface area contributed by atoms with Crippen LogP contribution in [0.5, 0.6) is 0 Å². The van der Waals surface area contributed by atoms with Crippen molar-refractivity contribution >= 4 is 17.0 Å². The van der Waals surface area contributed by atoms with E-state index >= 15 is 0 Å². The van der Waals surface area contributed by atoms with Gasteiger partial charge in [-0.2, -0.15) is 0 Å². The number of benzene rings is 1. The number of aliphatic hydroxyl groups excluding tert-OH is 1. The van der Waals surface area contributed by atoms with Gasteiger partial charge in [0.25, 0.3) is 5.56 Å². The van der Waals surface area contributed by atoms with Gasteiger partial charge in [-0.25, -0.2) is 4.98 Å². The van der Waals surface area contributed by atoms with E-state index in [1.54, 1.807) is 20.0 Å². The molecule has 0 amide bonds. The number of aromatic nitrogens is 3. The van der Waals surface area contributed by atoms with Crippen molar-refractivity contribution in [3.05, 3.63) is 51.9 Å². The third-order valence-electron chi connectivity index (χ3n) is 6.45. The van der Waals surface area contributed by atoms with Gasteiger partial charge in [0, 0.05) is 42.9 Å². The number of carbonyl (C=O) groups excluding carboxylic acids is 1. The molecule has 0 spiro atoms. The number of hydrogen-bond acceptors (Lipinski definition) is 7. The van der Waals surface area contributed by atoms with Crippen LogP contribution in [0.4, 0.5) is 0 Å². The van der Waals surface area contributed by atoms with Crippen molar-refractivity contribution in [2.24, 2.45) is 11.8 Å². The molecule has 1 aliphatic heterocycles. The molecule has 194 valence electrons. The summed E-state index contributed by atoms with van der Waals surface area (Å²) in [7, 11) is 0. The number of esters is 1. The maximum Gasteiger partial charge on any atom is 0.325 e. The zero-order valence-corrected chi connectivity index (χ0v) is 21.4. The Kier molecular flexibility index (Phi) is 8.23. The second-order valence-corrected chi connectivity index (χ2v) is 10.1. The molecule has 2 aromatic heterocycles. The number of aromatic amines is 1. The van der Waals surface area contributed by atoms with Gasteiger partial charge in [-0.3, -0.25) is 14.9 Å². The number of carbonyl (C=O) groups is 1. The molecule has 9 heteroatoms. The molecule has 0 aliphatic carbocycles. The van der Waals surface area contributed by atoms with Crippen LogP contribution < -0.4 is 10.9 Å². The van der Waals surface area contributed by atoms with Crippen LogP contribution in [0.25, 0.3) is 22.4 Å². The van der Waals surface area contributed by atoms with Crippen LogP contribution in [-0.4, -0.2) is 57.6 Å². The Morgan fingerprint density at radius 2 is 2.14 bits per heavy atom. The zero-order chi connectivity index (χ0) is 25.8. The summed E-state index contributed by atoms with van der Waals surface area (Å²) in [5, 5.41) is 13.3. The van der Waals surface area contributed by atoms with Crippen molar-refractivity contribution in [2.45, 2.75) is 59.4 Å². The third kappa shape index (κ3) is 6.03. The van der Waals surface area contributed by atoms with Crippen LogP contribution in [0.3, 0.4) is 0 Å². The van der Waals surface area contributed by atoms with E-state index in [9.17, 15) is 14.7 Å². The molecule has 0 bridgehead atoms. The molecule has 1 aliphatic rings. The summed E-state index contributed by atoms with van der Waals surface area (Å²) in [6.45, 7) is 10.2. The van der Waals surface area contributed by atoms with Crippen molar-refractivity contribution in [3.63, 3.8) is 0 Å². The minimum atomic E-state index is -0.892. The van der Waals surface area contributed by atoms with Gasteiger partial charge >= 0.3 is 5.97 Å². The number of fused-ring (bicyclic) bond motifs is 1. The van der Waals surface area contributed by atoms with E-state index in [0.717, 1.165) is 54.2 Å². The van der Waals surface area contributed by atoms with Gasteiger partial charge in [0.1, 0.15) is 11.9 Å². The fourth-order valence-corrected chi connectivity index (χ4v) is 4.42. The van der Waals surface area contributed by atoms with Crippen LogP contribution in [0.2, 0.25) is 0 Å². The SMILES string of the molecule is Cc1cc(-c2nc3cc(CN[C@H](C(=O)OCC(C)C)[C@@H](C)O)ccc3n2CC2CCOC2)c[nH]c1=O. The topological polar surface area (TPSA) is 118 Å². The molecule has 3 aromatic rings. The normalized spacial score (nSPS) is 17.6. The number of rotatable bonds is 10. The predicted octanol–water partition coefficient (Wildman–Crippen LogP) is 2.77. The second kappa shape index (κ2) is 11.4. The first-order chi connectivity index (χ1) is 17.2. The molecular weight excluding hydrogens is 460 g/mol. The molecule has 1 aromatic carbocycles. The van der Waals surface area contributed by atoms with Crippen molar-refractivity contribution in [3.8, 4) is 11.4 Å². The van der Waals surface area contributed by atoms with Gasteiger partial charge in [0.2, 0.25) is 0 Å². The fourth-order valence-electron chi connectivity index (χ4n) is 4.42. The van der Waals surface area contributed by atoms with Crippen LogP contribution in [0, 0.1) is 18.8 Å². The van der Waals surface area contributed by atoms with Crippen molar-refractivity contribution in [1.82, 2.24) is 19.9 Å². The van der Waals surface area contributed by atoms with Crippen LogP contribution in [0.1, 0.15) is 38.3 Å². The van der Waals surface area contributed by atoms with Gasteiger partial charge in [-0.15, -0.1) is 0 Å². The Labute approximate surface area is 210 Å². The van der Waals surface area contributed by atoms with Gasteiger partial charge in [-0.05, 0) is 49.9 Å². The molecule has 1 unspecified atom stereocenters. The summed E-state index contributed by atoms with van der Waals surface area (Å²) in [4.78, 5) is 32.1. The molecule has 9 nitrogen and oxygen atoms in total. The summed E-state index contributed by atoms with van der Waals surface area (Å²) in [6, 6.07) is 7.06. The van der Waals surface area contributed by atoms with Crippen molar-refractivity contribution < 1.29 is 19.4 Å². The number of hydrogen-bond donors (Lipinski definition) is 3. The van der Waals surface area contributed by atoms with E-state index in [2.05, 4.69) is 14.9 Å². The van der Waals surface area contributed by atoms with E-state index in [-0.39, 0.29) is 11.5 Å². The summed E-state index contributed by atoms with van der Waals surface area (Å²) in [5.41, 5.74) is 4.12. The molecule has 3 atom stereocenters. The van der Waals surface area contributed by atoms with Gasteiger partial charge in [0.15, 0.2) is 0 Å². The van der Waals surface area contributed by atoms with Crippen molar-refractivity contribution in [1.29, 1.82) is 0 Å². The molecule has 3 heterocycles. The van der Waals surface area contributed by atoms with E-state index in [0.29, 0.717) is 24.6 Å². The second-order valence-electron chi connectivity index (χ2n) is 10.1. The quantitative estimate of drug-likeness (QED) is 0.369. The number of aryl methyl sites for hydroxylation is 1. The zero-order valence-electron chi connectivity index (χ0n) is 21.4. The maximum atomic E-state index is 12.4. The lowest BCUT2D eigenvalue weighted by atomic mass is 10.1. The first-order valence-electron chi connectivity index (χ1n) is 12.6. The Hall–Kier alpha value is -3.01. The number of nitrogens with one attached hydrogen (secondary N) is 2. The lowest BCUT2D eigenvalue weighted by molar-refractivity contribution is -0.150. The van der Waals surface area contributed by atoms with E-state index in [1.807, 2.05) is 38.1 Å². The average Bonchev–Trinajstić information content (AvgIpc) is 3.47. The van der Waals surface area contributed by atoms with Crippen LogP contribution >= 0.6 is 0 Å². The summed E-state index contributed by atoms with van der Waals surface area (Å²) in [6.07, 6.45) is 1.81. The lowest BCUT2D eigenvalue weighted by Crippen LogP contribution is -2.45. The smallest absolute Gasteiger partial charge is 0.325 e. The standard InChI is InChI=1S/C27H36N4O5/c1-16(2)14-36-27(34)24(18(4)32)28-11-19-5-6-23-22(10-19)30-25(21-9-17(3)26(33)29-12-21)31(23)13-20-7-8-35-15-20/h5-6,9-10,12,16,18,20,24,28,32H,7-8,11,13-15H2,1-4H3,(H,29,33)/t18-,20?,24+/m1/s1. The number of nitrogens with zero attached hydrogens (tertiary/aromatic N) is 2. The predicted molar refractivity (Wildman–Crippen MR) is 138 cm³/mol.